The van der Waals surface area contributed by atoms with Gasteiger partial charge in [-0.1, -0.05) is 6.58 Å². The molecule has 2 aliphatic rings. The molecule has 2 aliphatic heterocycles. The monoisotopic (exact) mass is 633 g/mol. The standard InChI is InChI=1S/C28H34F3N9O5/c1-3-23(41)35-16-24(42)39-6-4-38(5-7-39)17-18-12-21(33-14-18)26(40-8-10-45-11-9-40)37-25(32)19-15-34-22(36-27(43)44-2)13-20(19)28(29,30)31/h3,12-15,32-33H,1,4-11,16-17H2,2H3,(H,35,41)(H,34,36,43). The Kier molecular flexibility index (Phi) is 10.9. The number of pyridine rings is 1. The highest BCUT2D eigenvalue weighted by molar-refractivity contribution is 6.10. The van der Waals surface area contributed by atoms with E-state index >= 15 is 0 Å². The molecule has 2 aromatic heterocycles. The number of H-pyrrole nitrogens is 1. The Morgan fingerprint density at radius 3 is 2.51 bits per heavy atom. The number of hydrogen-bond donors (Lipinski definition) is 4. The Balaban J connectivity index is 1.50. The van der Waals surface area contributed by atoms with Crippen LogP contribution < -0.4 is 10.6 Å². The van der Waals surface area contributed by atoms with Crippen molar-refractivity contribution < 1.29 is 37.0 Å². The van der Waals surface area contributed by atoms with E-state index in [9.17, 15) is 27.6 Å². The number of morpholine rings is 1. The Hall–Kier alpha value is -4.77. The number of hydrogen-bond acceptors (Lipinski definition) is 8. The van der Waals surface area contributed by atoms with Gasteiger partial charge in [-0.25, -0.2) is 14.8 Å². The number of carbonyl (C=O) groups excluding carboxylic acids is 3. The van der Waals surface area contributed by atoms with Crippen molar-refractivity contribution in [2.24, 2.45) is 4.99 Å². The second-order valence-corrected chi connectivity index (χ2v) is 10.1. The smallest absolute Gasteiger partial charge is 0.417 e. The normalized spacial score (nSPS) is 16.2. The number of piperazine rings is 1. The Bertz CT molecular complexity index is 1450. The van der Waals surface area contributed by atoms with E-state index in [1.54, 1.807) is 11.1 Å². The maximum absolute atomic E-state index is 14.0. The van der Waals surface area contributed by atoms with Crippen molar-refractivity contribution in [1.82, 2.24) is 30.0 Å². The van der Waals surface area contributed by atoms with E-state index in [1.807, 2.05) is 11.0 Å². The number of aromatic nitrogens is 2. The topological polar surface area (TPSA) is 168 Å². The molecule has 0 atom stereocenters. The SMILES string of the molecule is C=CC(=O)NCC(=O)N1CCN(Cc2c[nH]c(C(=NC(=N)c3cnc(NC(=O)OC)cc3C(F)(F)F)N3CCOCC3)c2)CC1. The van der Waals surface area contributed by atoms with Crippen LogP contribution in [0.15, 0.2) is 42.2 Å². The fourth-order valence-corrected chi connectivity index (χ4v) is 4.76. The average molecular weight is 634 g/mol. The molecule has 14 nitrogen and oxygen atoms in total. The van der Waals surface area contributed by atoms with Crippen LogP contribution in [0, 0.1) is 5.41 Å². The van der Waals surface area contributed by atoms with Gasteiger partial charge in [0.15, 0.2) is 11.7 Å². The minimum atomic E-state index is -4.86. The van der Waals surface area contributed by atoms with Gasteiger partial charge in [-0.05, 0) is 23.8 Å². The summed E-state index contributed by atoms with van der Waals surface area (Å²) in [6, 6.07) is 2.46. The number of anilines is 1. The lowest BCUT2D eigenvalue weighted by atomic mass is 10.1. The predicted molar refractivity (Wildman–Crippen MR) is 157 cm³/mol. The van der Waals surface area contributed by atoms with Gasteiger partial charge < -0.3 is 29.6 Å². The summed E-state index contributed by atoms with van der Waals surface area (Å²) in [5.74, 6) is -1.37. The highest BCUT2D eigenvalue weighted by atomic mass is 19.4. The fourth-order valence-electron chi connectivity index (χ4n) is 4.76. The minimum absolute atomic E-state index is 0.0975. The van der Waals surface area contributed by atoms with E-state index in [0.717, 1.165) is 24.9 Å². The van der Waals surface area contributed by atoms with Gasteiger partial charge in [-0.15, -0.1) is 0 Å². The molecule has 0 radical (unpaired) electrons. The Morgan fingerprint density at radius 2 is 1.87 bits per heavy atom. The summed E-state index contributed by atoms with van der Waals surface area (Å²) in [5, 5.41) is 13.1. The van der Waals surface area contributed by atoms with Crippen molar-refractivity contribution in [3.05, 3.63) is 59.6 Å². The number of rotatable bonds is 8. The zero-order chi connectivity index (χ0) is 32.6. The molecule has 0 aromatic carbocycles. The summed E-state index contributed by atoms with van der Waals surface area (Å²) < 4.78 is 51.9. The van der Waals surface area contributed by atoms with E-state index in [1.165, 1.54) is 0 Å². The molecule has 0 bridgehead atoms. The summed E-state index contributed by atoms with van der Waals surface area (Å²) >= 11 is 0. The lowest BCUT2D eigenvalue weighted by Gasteiger charge is -2.34. The van der Waals surface area contributed by atoms with Crippen LogP contribution >= 0.6 is 0 Å². The molecular weight excluding hydrogens is 599 g/mol. The second-order valence-electron chi connectivity index (χ2n) is 10.1. The fraction of sp³-hybridized carbons (Fsp3) is 0.429. The first-order chi connectivity index (χ1) is 21.5. The molecule has 2 fully saturated rings. The number of aliphatic imine (C=N–C) groups is 1. The number of amides is 3. The van der Waals surface area contributed by atoms with Crippen molar-refractivity contribution in [3.8, 4) is 0 Å². The zero-order valence-electron chi connectivity index (χ0n) is 24.6. The number of nitrogens with one attached hydrogen (secondary N) is 4. The van der Waals surface area contributed by atoms with Crippen LogP contribution in [-0.4, -0.2) is 120 Å². The third kappa shape index (κ3) is 8.89. The molecule has 2 aromatic rings. The maximum Gasteiger partial charge on any atom is 0.417 e. The van der Waals surface area contributed by atoms with E-state index < -0.39 is 35.1 Å². The van der Waals surface area contributed by atoms with Gasteiger partial charge in [-0.2, -0.15) is 13.2 Å². The average Bonchev–Trinajstić information content (AvgIpc) is 3.50. The van der Waals surface area contributed by atoms with Crippen LogP contribution in [0.5, 0.6) is 0 Å². The molecule has 242 valence electrons. The quantitative estimate of drug-likeness (QED) is 0.193. The van der Waals surface area contributed by atoms with E-state index in [-0.39, 0.29) is 24.1 Å². The van der Waals surface area contributed by atoms with Crippen LogP contribution in [0.2, 0.25) is 0 Å². The van der Waals surface area contributed by atoms with Gasteiger partial charge in [0.1, 0.15) is 5.82 Å². The van der Waals surface area contributed by atoms with Crippen molar-refractivity contribution in [2.75, 3.05) is 71.5 Å². The maximum atomic E-state index is 14.0. The number of ether oxygens (including phenoxy) is 2. The van der Waals surface area contributed by atoms with E-state index in [2.05, 4.69) is 41.8 Å². The lowest BCUT2D eigenvalue weighted by Crippen LogP contribution is -2.50. The van der Waals surface area contributed by atoms with Crippen molar-refractivity contribution in [1.29, 1.82) is 5.41 Å². The molecule has 0 spiro atoms. The van der Waals surface area contributed by atoms with Gasteiger partial charge in [0.25, 0.3) is 0 Å². The largest absolute Gasteiger partial charge is 0.453 e. The molecule has 4 heterocycles. The van der Waals surface area contributed by atoms with Gasteiger partial charge in [0.05, 0.1) is 38.1 Å². The van der Waals surface area contributed by atoms with Crippen molar-refractivity contribution >= 4 is 35.4 Å². The Morgan fingerprint density at radius 1 is 1.16 bits per heavy atom. The summed E-state index contributed by atoms with van der Waals surface area (Å²) in [4.78, 5) is 52.2. The number of aromatic amines is 1. The van der Waals surface area contributed by atoms with E-state index in [4.69, 9.17) is 10.1 Å². The van der Waals surface area contributed by atoms with Crippen LogP contribution in [0.1, 0.15) is 22.4 Å². The molecule has 2 saturated heterocycles. The van der Waals surface area contributed by atoms with Crippen LogP contribution in [-0.2, 0) is 31.8 Å². The summed E-state index contributed by atoms with van der Waals surface area (Å²) in [6.45, 7) is 7.56. The minimum Gasteiger partial charge on any atom is -0.453 e. The molecule has 0 unspecified atom stereocenters. The molecule has 45 heavy (non-hydrogen) atoms. The van der Waals surface area contributed by atoms with Crippen molar-refractivity contribution in [2.45, 2.75) is 12.7 Å². The molecule has 3 amide bonds. The molecule has 4 N–H and O–H groups in total. The van der Waals surface area contributed by atoms with Crippen LogP contribution in [0.25, 0.3) is 0 Å². The zero-order valence-corrected chi connectivity index (χ0v) is 24.6. The number of alkyl halides is 3. The highest BCUT2D eigenvalue weighted by Gasteiger charge is 2.36. The predicted octanol–water partition coefficient (Wildman–Crippen LogP) is 1.66. The second kappa shape index (κ2) is 14.8. The molecular formula is C28H34F3N9O5. The Labute approximate surface area is 256 Å². The lowest BCUT2D eigenvalue weighted by molar-refractivity contribution is -0.137. The number of methoxy groups -OCH3 is 1. The molecule has 4 rings (SSSR count). The van der Waals surface area contributed by atoms with E-state index in [0.29, 0.717) is 70.8 Å². The first-order valence-electron chi connectivity index (χ1n) is 14.0. The van der Waals surface area contributed by atoms with Crippen LogP contribution in [0.3, 0.4) is 0 Å². The molecule has 0 aliphatic carbocycles. The van der Waals surface area contributed by atoms with Gasteiger partial charge in [0, 0.05) is 63.8 Å². The summed E-state index contributed by atoms with van der Waals surface area (Å²) in [6.07, 6.45) is -2.13. The number of amidine groups is 2. The van der Waals surface area contributed by atoms with Gasteiger partial charge >= 0.3 is 12.3 Å². The van der Waals surface area contributed by atoms with Crippen molar-refractivity contribution in [3.63, 3.8) is 0 Å². The first kappa shape index (κ1) is 33.1. The third-order valence-electron chi connectivity index (χ3n) is 7.12. The first-order valence-corrected chi connectivity index (χ1v) is 14.0. The summed E-state index contributed by atoms with van der Waals surface area (Å²) in [5.41, 5.74) is -0.362. The van der Waals surface area contributed by atoms with Gasteiger partial charge in [-0.3, -0.25) is 25.2 Å². The van der Waals surface area contributed by atoms with Gasteiger partial charge in [0.2, 0.25) is 11.8 Å². The molecule has 0 saturated carbocycles. The highest BCUT2D eigenvalue weighted by Crippen LogP contribution is 2.33. The molecule has 17 heteroatoms. The number of halogens is 3. The van der Waals surface area contributed by atoms with Crippen LogP contribution in [0.4, 0.5) is 23.8 Å². The summed E-state index contributed by atoms with van der Waals surface area (Å²) in [7, 11) is 1.07. The number of carbonyl (C=O) groups is 3. The third-order valence-corrected chi connectivity index (χ3v) is 7.12. The number of nitrogens with zero attached hydrogens (tertiary/aromatic N) is 5.